The molecule has 108 valence electrons. The number of fused-ring (bicyclic) bond motifs is 1. The monoisotopic (exact) mass is 407 g/mol. The van der Waals surface area contributed by atoms with Crippen LogP contribution in [0.5, 0.6) is 0 Å². The van der Waals surface area contributed by atoms with Crippen LogP contribution in [0.15, 0.2) is 12.4 Å². The highest BCUT2D eigenvalue weighted by Gasteiger charge is 2.32. The summed E-state index contributed by atoms with van der Waals surface area (Å²) in [5, 5.41) is 4.23. The minimum absolute atomic E-state index is 0.327. The predicted molar refractivity (Wildman–Crippen MR) is 85.0 cm³/mol. The SMILES string of the molecule is CS(=O)(=O)N1CC(CNc2ncnc3[nH]c(I)cc23)C1. The average Bonchev–Trinajstić information content (AvgIpc) is 2.66. The number of nitrogens with one attached hydrogen (secondary N) is 2. The average molecular weight is 407 g/mol. The lowest BCUT2D eigenvalue weighted by Crippen LogP contribution is -2.51. The molecule has 3 heterocycles. The van der Waals surface area contributed by atoms with Gasteiger partial charge >= 0.3 is 0 Å². The molecule has 1 aliphatic heterocycles. The van der Waals surface area contributed by atoms with E-state index < -0.39 is 10.0 Å². The Kier molecular flexibility index (Phi) is 3.58. The van der Waals surface area contributed by atoms with Crippen molar-refractivity contribution in [1.82, 2.24) is 19.3 Å². The molecular formula is C11H14IN5O2S. The standard InChI is InChI=1S/C11H14IN5O2S/c1-20(18,19)17-4-7(5-17)3-13-10-8-2-9(12)16-11(8)15-6-14-10/h2,6-7H,3-5H2,1H3,(H2,13,14,15,16). The lowest BCUT2D eigenvalue weighted by molar-refractivity contribution is 0.213. The molecule has 2 aromatic heterocycles. The van der Waals surface area contributed by atoms with Gasteiger partial charge in [-0.2, -0.15) is 0 Å². The molecule has 0 unspecified atom stereocenters. The van der Waals surface area contributed by atoms with Crippen molar-refractivity contribution in [1.29, 1.82) is 0 Å². The van der Waals surface area contributed by atoms with Gasteiger partial charge in [0.2, 0.25) is 10.0 Å². The Morgan fingerprint density at radius 2 is 2.25 bits per heavy atom. The number of rotatable bonds is 4. The second-order valence-electron chi connectivity index (χ2n) is 4.93. The number of sulfonamides is 1. The van der Waals surface area contributed by atoms with Crippen molar-refractivity contribution in [2.75, 3.05) is 31.2 Å². The number of hydrogen-bond acceptors (Lipinski definition) is 5. The smallest absolute Gasteiger partial charge is 0.211 e. The van der Waals surface area contributed by atoms with Crippen LogP contribution >= 0.6 is 22.6 Å². The van der Waals surface area contributed by atoms with Gasteiger partial charge in [-0.05, 0) is 28.7 Å². The zero-order valence-corrected chi connectivity index (χ0v) is 13.8. The van der Waals surface area contributed by atoms with E-state index in [9.17, 15) is 8.42 Å². The van der Waals surface area contributed by atoms with E-state index in [0.29, 0.717) is 25.6 Å². The van der Waals surface area contributed by atoms with E-state index in [0.717, 1.165) is 20.6 Å². The lowest BCUT2D eigenvalue weighted by Gasteiger charge is -2.37. The van der Waals surface area contributed by atoms with Crippen LogP contribution in [0.3, 0.4) is 0 Å². The van der Waals surface area contributed by atoms with Crippen molar-refractivity contribution >= 4 is 49.5 Å². The molecule has 0 spiro atoms. The third-order valence-electron chi connectivity index (χ3n) is 3.34. The zero-order chi connectivity index (χ0) is 14.3. The lowest BCUT2D eigenvalue weighted by atomic mass is 10.0. The fourth-order valence-electron chi connectivity index (χ4n) is 2.21. The summed E-state index contributed by atoms with van der Waals surface area (Å²) in [5.74, 6) is 1.11. The molecular weight excluding hydrogens is 393 g/mol. The van der Waals surface area contributed by atoms with E-state index in [4.69, 9.17) is 0 Å². The van der Waals surface area contributed by atoms with Gasteiger partial charge < -0.3 is 10.3 Å². The Bertz CT molecular complexity index is 738. The number of aromatic amines is 1. The van der Waals surface area contributed by atoms with Crippen molar-refractivity contribution in [2.24, 2.45) is 5.92 Å². The molecule has 20 heavy (non-hydrogen) atoms. The highest BCUT2D eigenvalue weighted by atomic mass is 127. The largest absolute Gasteiger partial charge is 0.369 e. The van der Waals surface area contributed by atoms with Crippen LogP contribution in [0.2, 0.25) is 0 Å². The minimum atomic E-state index is -3.04. The van der Waals surface area contributed by atoms with E-state index in [1.54, 1.807) is 0 Å². The molecule has 1 aliphatic rings. The van der Waals surface area contributed by atoms with Gasteiger partial charge in [0.1, 0.15) is 17.8 Å². The van der Waals surface area contributed by atoms with Crippen LogP contribution in [-0.4, -0.2) is 53.6 Å². The fraction of sp³-hybridized carbons (Fsp3) is 0.455. The first-order valence-electron chi connectivity index (χ1n) is 6.11. The van der Waals surface area contributed by atoms with E-state index in [-0.39, 0.29) is 0 Å². The van der Waals surface area contributed by atoms with Gasteiger partial charge in [-0.3, -0.25) is 0 Å². The van der Waals surface area contributed by atoms with Crippen LogP contribution in [0.25, 0.3) is 11.0 Å². The maximum absolute atomic E-state index is 11.3. The summed E-state index contributed by atoms with van der Waals surface area (Å²) in [5.41, 5.74) is 0.804. The van der Waals surface area contributed by atoms with Crippen molar-refractivity contribution in [2.45, 2.75) is 0 Å². The maximum Gasteiger partial charge on any atom is 0.211 e. The highest BCUT2D eigenvalue weighted by molar-refractivity contribution is 14.1. The molecule has 2 N–H and O–H groups in total. The van der Waals surface area contributed by atoms with Crippen LogP contribution in [0.1, 0.15) is 0 Å². The molecule has 0 saturated carbocycles. The predicted octanol–water partition coefficient (Wildman–Crippen LogP) is 0.866. The third kappa shape index (κ3) is 2.74. The normalized spacial score (nSPS) is 17.3. The Balaban J connectivity index is 1.64. The van der Waals surface area contributed by atoms with Gasteiger partial charge in [0.25, 0.3) is 0 Å². The molecule has 9 heteroatoms. The number of nitrogens with zero attached hydrogens (tertiary/aromatic N) is 3. The van der Waals surface area contributed by atoms with Crippen LogP contribution in [0, 0.1) is 9.62 Å². The van der Waals surface area contributed by atoms with Gasteiger partial charge in [-0.25, -0.2) is 22.7 Å². The van der Waals surface area contributed by atoms with Crippen LogP contribution in [-0.2, 0) is 10.0 Å². The molecule has 0 aliphatic carbocycles. The molecule has 0 amide bonds. The molecule has 0 bridgehead atoms. The van der Waals surface area contributed by atoms with E-state index in [1.807, 2.05) is 6.07 Å². The Morgan fingerprint density at radius 3 is 2.95 bits per heavy atom. The summed E-state index contributed by atoms with van der Waals surface area (Å²) < 4.78 is 25.1. The molecule has 1 fully saturated rings. The van der Waals surface area contributed by atoms with Crippen LogP contribution in [0.4, 0.5) is 5.82 Å². The Hall–Kier alpha value is -0.940. The molecule has 0 atom stereocenters. The molecule has 0 aromatic carbocycles. The van der Waals surface area contributed by atoms with Crippen LogP contribution < -0.4 is 5.32 Å². The van der Waals surface area contributed by atoms with Crippen molar-refractivity contribution in [3.05, 3.63) is 16.1 Å². The topological polar surface area (TPSA) is 91.0 Å². The third-order valence-corrected chi connectivity index (χ3v) is 5.16. The quantitative estimate of drug-likeness (QED) is 0.734. The second-order valence-corrected chi connectivity index (χ2v) is 8.07. The van der Waals surface area contributed by atoms with E-state index >= 15 is 0 Å². The maximum atomic E-state index is 11.3. The van der Waals surface area contributed by atoms with Gasteiger partial charge in [0.15, 0.2) is 0 Å². The summed E-state index contributed by atoms with van der Waals surface area (Å²) in [6, 6.07) is 1.99. The van der Waals surface area contributed by atoms with Crippen molar-refractivity contribution in [3.8, 4) is 0 Å². The van der Waals surface area contributed by atoms with Crippen molar-refractivity contribution in [3.63, 3.8) is 0 Å². The molecule has 2 aromatic rings. The number of halogens is 1. The number of anilines is 1. The summed E-state index contributed by atoms with van der Waals surface area (Å²) in [6.45, 7) is 1.86. The second kappa shape index (κ2) is 5.11. The summed E-state index contributed by atoms with van der Waals surface area (Å²) in [4.78, 5) is 11.6. The molecule has 7 nitrogen and oxygen atoms in total. The van der Waals surface area contributed by atoms with E-state index in [2.05, 4.69) is 42.9 Å². The first-order valence-corrected chi connectivity index (χ1v) is 9.04. The summed E-state index contributed by atoms with van der Waals surface area (Å²) in [6.07, 6.45) is 2.76. The van der Waals surface area contributed by atoms with Gasteiger partial charge in [0.05, 0.1) is 15.3 Å². The number of hydrogen-bond donors (Lipinski definition) is 2. The van der Waals surface area contributed by atoms with Gasteiger partial charge in [-0.1, -0.05) is 0 Å². The van der Waals surface area contributed by atoms with Crippen molar-refractivity contribution < 1.29 is 8.42 Å². The summed E-state index contributed by atoms with van der Waals surface area (Å²) >= 11 is 2.20. The minimum Gasteiger partial charge on any atom is -0.369 e. The molecule has 3 rings (SSSR count). The Morgan fingerprint density at radius 1 is 1.50 bits per heavy atom. The first kappa shape index (κ1) is 14.0. The fourth-order valence-corrected chi connectivity index (χ4v) is 3.74. The summed E-state index contributed by atoms with van der Waals surface area (Å²) in [7, 11) is -3.04. The molecule has 0 radical (unpaired) electrons. The first-order chi connectivity index (χ1) is 9.43. The highest BCUT2D eigenvalue weighted by Crippen LogP contribution is 2.23. The number of aromatic nitrogens is 3. The van der Waals surface area contributed by atoms with E-state index in [1.165, 1.54) is 16.9 Å². The number of H-pyrrole nitrogens is 1. The van der Waals surface area contributed by atoms with Gasteiger partial charge in [0, 0.05) is 25.6 Å². The zero-order valence-electron chi connectivity index (χ0n) is 10.8. The Labute approximate surface area is 130 Å². The van der Waals surface area contributed by atoms with Gasteiger partial charge in [-0.15, -0.1) is 0 Å². The molecule has 1 saturated heterocycles.